The second-order valence-electron chi connectivity index (χ2n) is 1.22. The van der Waals surface area contributed by atoms with Gasteiger partial charge in [-0.25, -0.2) is 0 Å². The van der Waals surface area contributed by atoms with Gasteiger partial charge < -0.3 is 12.4 Å². The number of halogens is 2. The molecule has 0 saturated carbocycles. The van der Waals surface area contributed by atoms with Crippen LogP contribution in [0.3, 0.4) is 0 Å². The molecule has 0 aliphatic rings. The van der Waals surface area contributed by atoms with Crippen LogP contribution in [0.4, 0.5) is 0 Å². The monoisotopic (exact) mass is 214 g/mol. The fourth-order valence-electron chi connectivity index (χ4n) is 0.371. The minimum absolute atomic E-state index is 0. The predicted octanol–water partition coefficient (Wildman–Crippen LogP) is -1.13. The van der Waals surface area contributed by atoms with Gasteiger partial charge in [-0.3, -0.25) is 0 Å². The van der Waals surface area contributed by atoms with Crippen molar-refractivity contribution < 1.29 is 12.4 Å². The third-order valence-corrected chi connectivity index (χ3v) is 1.16. The van der Waals surface area contributed by atoms with E-state index in [4.69, 9.17) is 0 Å². The average molecular weight is 216 g/mol. The summed E-state index contributed by atoms with van der Waals surface area (Å²) in [7, 11) is 0. The molecule has 44 valence electrons. The van der Waals surface area contributed by atoms with E-state index in [1.54, 1.807) is 0 Å². The molecule has 0 bridgehead atoms. The van der Waals surface area contributed by atoms with Gasteiger partial charge in [0.05, 0.1) is 0 Å². The zero-order valence-electron chi connectivity index (χ0n) is 4.77. The van der Waals surface area contributed by atoms with Crippen LogP contribution in [0.15, 0.2) is 28.7 Å². The number of hydrogen-bond acceptors (Lipinski definition) is 0. The van der Waals surface area contributed by atoms with Crippen LogP contribution in [0.25, 0.3) is 0 Å². The van der Waals surface area contributed by atoms with Gasteiger partial charge in [0.25, 0.3) is 0 Å². The van der Waals surface area contributed by atoms with Gasteiger partial charge in [-0.1, -0.05) is 4.47 Å². The Morgan fingerprint density at radius 3 is 2.33 bits per heavy atom. The van der Waals surface area contributed by atoms with E-state index < -0.39 is 0 Å². The minimum Gasteiger partial charge on any atom is -1.00 e. The largest absolute Gasteiger partial charge is 2.00 e. The number of hydrogen-bond donors (Lipinski definition) is 0. The third kappa shape index (κ3) is 5.21. The summed E-state index contributed by atoms with van der Waals surface area (Å²) in [6.07, 6.45) is 0. The summed E-state index contributed by atoms with van der Waals surface area (Å²) in [4.78, 5) is 0. The SMILES string of the molecule is Brc1c[c-]ccc1.[Cl-].[Mg+2]. The normalized spacial score (nSPS) is 6.78. The van der Waals surface area contributed by atoms with Gasteiger partial charge >= 0.3 is 23.1 Å². The molecule has 0 aliphatic heterocycles. The molecule has 0 radical (unpaired) electrons. The first-order chi connectivity index (χ1) is 3.39. The Balaban J connectivity index is 0. The van der Waals surface area contributed by atoms with Crippen molar-refractivity contribution in [1.29, 1.82) is 0 Å². The maximum Gasteiger partial charge on any atom is 2.00 e. The van der Waals surface area contributed by atoms with Crippen molar-refractivity contribution in [2.24, 2.45) is 0 Å². The van der Waals surface area contributed by atoms with Crippen LogP contribution in [0.5, 0.6) is 0 Å². The molecule has 0 fully saturated rings. The van der Waals surface area contributed by atoms with Gasteiger partial charge in [-0.15, -0.1) is 15.9 Å². The fourth-order valence-corrected chi connectivity index (χ4v) is 0.656. The Kier molecular flexibility index (Phi) is 9.49. The second kappa shape index (κ2) is 6.87. The first-order valence-corrected chi connectivity index (χ1v) is 2.80. The molecule has 1 aromatic rings. The van der Waals surface area contributed by atoms with Crippen molar-refractivity contribution in [3.63, 3.8) is 0 Å². The summed E-state index contributed by atoms with van der Waals surface area (Å²) < 4.78 is 1.08. The maximum absolute atomic E-state index is 3.28. The molecule has 0 aromatic heterocycles. The quantitative estimate of drug-likeness (QED) is 0.380. The standard InChI is InChI=1S/C6H4Br.ClH.Mg/c7-6-4-2-1-3-5-6;;/h1-2,4-5H;1H;/q-1;;+2/p-1. The van der Waals surface area contributed by atoms with Crippen molar-refractivity contribution in [2.75, 3.05) is 0 Å². The number of rotatable bonds is 0. The van der Waals surface area contributed by atoms with E-state index in [0.717, 1.165) is 4.47 Å². The van der Waals surface area contributed by atoms with E-state index in [2.05, 4.69) is 22.0 Å². The molecule has 0 spiro atoms. The third-order valence-electron chi connectivity index (χ3n) is 0.669. The smallest absolute Gasteiger partial charge is 1.00 e. The van der Waals surface area contributed by atoms with Gasteiger partial charge in [-0.2, -0.15) is 30.3 Å². The van der Waals surface area contributed by atoms with E-state index in [1.807, 2.05) is 24.3 Å². The Bertz CT molecular complexity index is 143. The predicted molar refractivity (Wildman–Crippen MR) is 38.7 cm³/mol. The van der Waals surface area contributed by atoms with Crippen LogP contribution in [0, 0.1) is 6.07 Å². The molecule has 1 rings (SSSR count). The van der Waals surface area contributed by atoms with Crippen molar-refractivity contribution in [1.82, 2.24) is 0 Å². The van der Waals surface area contributed by atoms with Crippen LogP contribution in [0.1, 0.15) is 0 Å². The van der Waals surface area contributed by atoms with E-state index >= 15 is 0 Å². The summed E-state index contributed by atoms with van der Waals surface area (Å²) in [5.74, 6) is 0. The average Bonchev–Trinajstić information content (AvgIpc) is 1.69. The molecule has 0 atom stereocenters. The molecule has 0 aliphatic carbocycles. The van der Waals surface area contributed by atoms with Gasteiger partial charge in [0, 0.05) is 0 Å². The van der Waals surface area contributed by atoms with Crippen LogP contribution >= 0.6 is 15.9 Å². The topological polar surface area (TPSA) is 0 Å². The van der Waals surface area contributed by atoms with E-state index in [0.29, 0.717) is 0 Å². The summed E-state index contributed by atoms with van der Waals surface area (Å²) in [6, 6.07) is 10.6. The van der Waals surface area contributed by atoms with Crippen LogP contribution < -0.4 is 12.4 Å². The molecule has 0 N–H and O–H groups in total. The molecule has 0 heterocycles. The molecule has 3 heteroatoms. The van der Waals surface area contributed by atoms with Gasteiger partial charge in [0.2, 0.25) is 0 Å². The minimum atomic E-state index is 0. The van der Waals surface area contributed by atoms with Crippen molar-refractivity contribution in [3.05, 3.63) is 34.8 Å². The maximum atomic E-state index is 3.28. The molecular weight excluding hydrogens is 212 g/mol. The fraction of sp³-hybridized carbons (Fsp3) is 0. The summed E-state index contributed by atoms with van der Waals surface area (Å²) in [5, 5.41) is 0. The summed E-state index contributed by atoms with van der Waals surface area (Å²) in [5.41, 5.74) is 0. The molecule has 9 heavy (non-hydrogen) atoms. The molecule has 0 unspecified atom stereocenters. The van der Waals surface area contributed by atoms with E-state index in [1.165, 1.54) is 0 Å². The zero-order chi connectivity index (χ0) is 5.11. The molecule has 1 aromatic carbocycles. The Labute approximate surface area is 85.7 Å². The number of benzene rings is 1. The van der Waals surface area contributed by atoms with Crippen LogP contribution in [0.2, 0.25) is 0 Å². The van der Waals surface area contributed by atoms with Crippen LogP contribution in [-0.2, 0) is 0 Å². The van der Waals surface area contributed by atoms with Gasteiger partial charge in [0.15, 0.2) is 0 Å². The summed E-state index contributed by atoms with van der Waals surface area (Å²) in [6.45, 7) is 0. The van der Waals surface area contributed by atoms with E-state index in [-0.39, 0.29) is 35.5 Å². The first kappa shape index (κ1) is 12.4. The van der Waals surface area contributed by atoms with Crippen molar-refractivity contribution in [3.8, 4) is 0 Å². The molecular formula is C6H4BrClMg. The first-order valence-electron chi connectivity index (χ1n) is 2.01. The van der Waals surface area contributed by atoms with Gasteiger partial charge in [-0.05, 0) is 0 Å². The van der Waals surface area contributed by atoms with Crippen molar-refractivity contribution in [2.45, 2.75) is 0 Å². The van der Waals surface area contributed by atoms with Crippen LogP contribution in [-0.4, -0.2) is 23.1 Å². The Hall–Kier alpha value is 0.756. The zero-order valence-corrected chi connectivity index (χ0v) is 8.53. The van der Waals surface area contributed by atoms with Gasteiger partial charge in [0.1, 0.15) is 0 Å². The van der Waals surface area contributed by atoms with Crippen molar-refractivity contribution >= 4 is 39.0 Å². The molecule has 0 saturated heterocycles. The molecule has 0 nitrogen and oxygen atoms in total. The second-order valence-corrected chi connectivity index (χ2v) is 2.14. The Morgan fingerprint density at radius 2 is 2.11 bits per heavy atom. The molecule has 0 amide bonds. The summed E-state index contributed by atoms with van der Waals surface area (Å²) >= 11 is 3.28. The van der Waals surface area contributed by atoms with E-state index in [9.17, 15) is 0 Å². The Morgan fingerprint density at radius 1 is 1.44 bits per heavy atom.